The second kappa shape index (κ2) is 8.26. The van der Waals surface area contributed by atoms with Gasteiger partial charge in [-0.05, 0) is 31.2 Å². The molecule has 1 spiro atoms. The molecule has 4 rings (SSSR count). The lowest BCUT2D eigenvalue weighted by Crippen LogP contribution is -2.52. The Morgan fingerprint density at radius 3 is 2.88 bits per heavy atom. The van der Waals surface area contributed by atoms with Crippen molar-refractivity contribution in [3.63, 3.8) is 0 Å². The van der Waals surface area contributed by atoms with Crippen molar-refractivity contribution in [2.24, 2.45) is 5.92 Å². The molecule has 5 nitrogen and oxygen atoms in total. The fraction of sp³-hybridized carbons (Fsp3) is 0.714. The Labute approximate surface area is 157 Å². The molecule has 0 amide bonds. The lowest BCUT2D eigenvalue weighted by Gasteiger charge is -2.47. The minimum Gasteiger partial charge on any atom is -0.487 e. The maximum absolute atomic E-state index is 6.59. The Kier molecular flexibility index (Phi) is 5.79. The van der Waals surface area contributed by atoms with E-state index in [1.807, 2.05) is 0 Å². The number of hydrogen-bond donors (Lipinski definition) is 1. The standard InChI is InChI=1S/C21H32N2O3/c1-24-13-11-23-9-7-21(8-10-23)14-19(22-15-17-6-12-25-16-17)18-4-2-3-5-20(18)26-21/h2-5,17,19,22H,6-16H2,1H3/t17-,19-/m0/s1. The molecule has 26 heavy (non-hydrogen) atoms. The molecule has 144 valence electrons. The molecule has 0 unspecified atom stereocenters. The van der Waals surface area contributed by atoms with Crippen LogP contribution in [0.5, 0.6) is 5.75 Å². The highest BCUT2D eigenvalue weighted by Crippen LogP contribution is 2.44. The van der Waals surface area contributed by atoms with E-state index in [9.17, 15) is 0 Å². The van der Waals surface area contributed by atoms with Crippen LogP contribution in [0.15, 0.2) is 24.3 Å². The third kappa shape index (κ3) is 4.06. The zero-order valence-electron chi connectivity index (χ0n) is 15.9. The summed E-state index contributed by atoms with van der Waals surface area (Å²) in [5, 5.41) is 3.84. The number of rotatable bonds is 6. The first-order valence-electron chi connectivity index (χ1n) is 10.1. The van der Waals surface area contributed by atoms with Crippen LogP contribution >= 0.6 is 0 Å². The molecular weight excluding hydrogens is 328 g/mol. The molecule has 1 aromatic carbocycles. The van der Waals surface area contributed by atoms with Crippen molar-refractivity contribution in [3.05, 3.63) is 29.8 Å². The van der Waals surface area contributed by atoms with Gasteiger partial charge in [-0.3, -0.25) is 0 Å². The quantitative estimate of drug-likeness (QED) is 0.845. The number of nitrogens with one attached hydrogen (secondary N) is 1. The molecule has 3 aliphatic heterocycles. The minimum absolute atomic E-state index is 0.0260. The Morgan fingerprint density at radius 1 is 1.27 bits per heavy atom. The second-order valence-corrected chi connectivity index (χ2v) is 8.05. The van der Waals surface area contributed by atoms with Crippen LogP contribution in [0, 0.1) is 5.92 Å². The summed E-state index contributed by atoms with van der Waals surface area (Å²) in [4.78, 5) is 2.50. The van der Waals surface area contributed by atoms with Gasteiger partial charge in [0, 0.05) is 57.9 Å². The van der Waals surface area contributed by atoms with Crippen LogP contribution < -0.4 is 10.1 Å². The number of ether oxygens (including phenoxy) is 3. The zero-order valence-corrected chi connectivity index (χ0v) is 15.9. The molecule has 2 saturated heterocycles. The van der Waals surface area contributed by atoms with Gasteiger partial charge in [0.15, 0.2) is 0 Å². The molecule has 0 aromatic heterocycles. The summed E-state index contributed by atoms with van der Waals surface area (Å²) in [7, 11) is 1.78. The fourth-order valence-electron chi connectivity index (χ4n) is 4.56. The van der Waals surface area contributed by atoms with Crippen molar-refractivity contribution >= 4 is 0 Å². The smallest absolute Gasteiger partial charge is 0.124 e. The molecule has 0 radical (unpaired) electrons. The Balaban J connectivity index is 1.43. The van der Waals surface area contributed by atoms with Crippen LogP contribution in [0.25, 0.3) is 0 Å². The van der Waals surface area contributed by atoms with Gasteiger partial charge in [0.25, 0.3) is 0 Å². The molecule has 2 atom stereocenters. The number of nitrogens with zero attached hydrogens (tertiary/aromatic N) is 1. The summed E-state index contributed by atoms with van der Waals surface area (Å²) in [5.74, 6) is 1.72. The molecule has 3 aliphatic rings. The number of likely N-dealkylation sites (tertiary alicyclic amines) is 1. The topological polar surface area (TPSA) is 43.0 Å². The largest absolute Gasteiger partial charge is 0.487 e. The second-order valence-electron chi connectivity index (χ2n) is 8.05. The van der Waals surface area contributed by atoms with E-state index in [-0.39, 0.29) is 5.60 Å². The van der Waals surface area contributed by atoms with Crippen molar-refractivity contribution in [1.82, 2.24) is 10.2 Å². The number of benzene rings is 1. The van der Waals surface area contributed by atoms with Gasteiger partial charge in [-0.25, -0.2) is 0 Å². The summed E-state index contributed by atoms with van der Waals surface area (Å²) in [5.41, 5.74) is 1.29. The Bertz CT molecular complexity index is 580. The van der Waals surface area contributed by atoms with Gasteiger partial charge in [0.1, 0.15) is 11.4 Å². The molecule has 5 heteroatoms. The predicted molar refractivity (Wildman–Crippen MR) is 102 cm³/mol. The molecule has 3 heterocycles. The molecule has 1 aromatic rings. The lowest BCUT2D eigenvalue weighted by atomic mass is 9.80. The van der Waals surface area contributed by atoms with Gasteiger partial charge < -0.3 is 24.4 Å². The number of fused-ring (bicyclic) bond motifs is 1. The average molecular weight is 360 g/mol. The van der Waals surface area contributed by atoms with Crippen LogP contribution in [-0.4, -0.2) is 63.6 Å². The van der Waals surface area contributed by atoms with Crippen LogP contribution in [0.3, 0.4) is 0 Å². The fourth-order valence-corrected chi connectivity index (χ4v) is 4.56. The highest BCUT2D eigenvalue weighted by Gasteiger charge is 2.43. The van der Waals surface area contributed by atoms with E-state index in [1.165, 1.54) is 12.0 Å². The number of hydrogen-bond acceptors (Lipinski definition) is 5. The molecule has 0 saturated carbocycles. The first kappa shape index (κ1) is 18.2. The van der Waals surface area contributed by atoms with Gasteiger partial charge >= 0.3 is 0 Å². The lowest BCUT2D eigenvalue weighted by molar-refractivity contribution is -0.0291. The van der Waals surface area contributed by atoms with E-state index < -0.39 is 0 Å². The third-order valence-corrected chi connectivity index (χ3v) is 6.25. The summed E-state index contributed by atoms with van der Waals surface area (Å²) in [6.45, 7) is 6.87. The maximum atomic E-state index is 6.59. The van der Waals surface area contributed by atoms with E-state index >= 15 is 0 Å². The van der Waals surface area contributed by atoms with Crippen LogP contribution in [0.2, 0.25) is 0 Å². The molecule has 0 bridgehead atoms. The van der Waals surface area contributed by atoms with Crippen molar-refractivity contribution in [1.29, 1.82) is 0 Å². The zero-order chi connectivity index (χ0) is 17.8. The summed E-state index contributed by atoms with van der Waals surface area (Å²) >= 11 is 0. The third-order valence-electron chi connectivity index (χ3n) is 6.25. The van der Waals surface area contributed by atoms with Gasteiger partial charge in [0.05, 0.1) is 13.2 Å². The average Bonchev–Trinajstić information content (AvgIpc) is 3.19. The van der Waals surface area contributed by atoms with E-state index in [0.29, 0.717) is 12.0 Å². The minimum atomic E-state index is -0.0260. The number of methoxy groups -OCH3 is 1. The maximum Gasteiger partial charge on any atom is 0.124 e. The summed E-state index contributed by atoms with van der Waals surface area (Å²) in [6.07, 6.45) is 4.43. The van der Waals surface area contributed by atoms with Crippen molar-refractivity contribution in [2.75, 3.05) is 53.1 Å². The highest BCUT2D eigenvalue weighted by atomic mass is 16.5. The number of para-hydroxylation sites is 1. The van der Waals surface area contributed by atoms with Gasteiger partial charge in [-0.1, -0.05) is 18.2 Å². The monoisotopic (exact) mass is 360 g/mol. The molecule has 2 fully saturated rings. The van der Waals surface area contributed by atoms with Gasteiger partial charge in [-0.15, -0.1) is 0 Å². The normalized spacial score (nSPS) is 28.0. The first-order valence-corrected chi connectivity index (χ1v) is 10.1. The van der Waals surface area contributed by atoms with Crippen molar-refractivity contribution in [3.8, 4) is 5.75 Å². The Hall–Kier alpha value is -1.14. The number of piperidine rings is 1. The van der Waals surface area contributed by atoms with E-state index in [4.69, 9.17) is 14.2 Å². The van der Waals surface area contributed by atoms with Gasteiger partial charge in [0.2, 0.25) is 0 Å². The summed E-state index contributed by atoms with van der Waals surface area (Å²) in [6, 6.07) is 8.96. The van der Waals surface area contributed by atoms with Crippen LogP contribution in [-0.2, 0) is 9.47 Å². The van der Waals surface area contributed by atoms with E-state index in [2.05, 4.69) is 34.5 Å². The van der Waals surface area contributed by atoms with Crippen LogP contribution in [0.4, 0.5) is 0 Å². The molecule has 0 aliphatic carbocycles. The molecular formula is C21H32N2O3. The Morgan fingerprint density at radius 2 is 2.12 bits per heavy atom. The van der Waals surface area contributed by atoms with Gasteiger partial charge in [-0.2, -0.15) is 0 Å². The molecule has 1 N–H and O–H groups in total. The van der Waals surface area contributed by atoms with Crippen molar-refractivity contribution < 1.29 is 14.2 Å². The highest BCUT2D eigenvalue weighted by molar-refractivity contribution is 5.39. The van der Waals surface area contributed by atoms with Crippen molar-refractivity contribution in [2.45, 2.75) is 37.3 Å². The van der Waals surface area contributed by atoms with E-state index in [1.54, 1.807) is 7.11 Å². The van der Waals surface area contributed by atoms with E-state index in [0.717, 1.165) is 71.0 Å². The SMILES string of the molecule is COCCN1CCC2(CC1)C[C@H](NC[C@@H]1CCOC1)c1ccccc1O2. The first-order chi connectivity index (χ1) is 12.8. The van der Waals surface area contributed by atoms with Crippen LogP contribution in [0.1, 0.15) is 37.3 Å². The summed E-state index contributed by atoms with van der Waals surface area (Å²) < 4.78 is 17.4. The predicted octanol–water partition coefficient (Wildman–Crippen LogP) is 2.62.